The molecule has 236 valence electrons. The van der Waals surface area contributed by atoms with Gasteiger partial charge in [0.25, 0.3) is 0 Å². The van der Waals surface area contributed by atoms with E-state index in [-0.39, 0.29) is 29.4 Å². The molecule has 0 bridgehead atoms. The Kier molecular flexibility index (Phi) is 8.98. The molecule has 2 N–H and O–H groups in total. The minimum Gasteiger partial charge on any atom is -0.387 e. The molecule has 46 heavy (non-hydrogen) atoms. The fraction of sp³-hybridized carbons (Fsp3) is 0.176. The van der Waals surface area contributed by atoms with Gasteiger partial charge in [0.2, 0.25) is 26.0 Å². The van der Waals surface area contributed by atoms with Gasteiger partial charge in [-0.25, -0.2) is 16.8 Å². The van der Waals surface area contributed by atoms with Gasteiger partial charge >= 0.3 is 0 Å². The van der Waals surface area contributed by atoms with Gasteiger partial charge in [0.1, 0.15) is 6.04 Å². The Morgan fingerprint density at radius 1 is 0.783 bits per heavy atom. The summed E-state index contributed by atoms with van der Waals surface area (Å²) < 4.78 is 57.8. The number of amides is 1. The summed E-state index contributed by atoms with van der Waals surface area (Å²) in [4.78, 5) is 17.9. The van der Waals surface area contributed by atoms with Crippen molar-refractivity contribution in [3.05, 3.63) is 127 Å². The van der Waals surface area contributed by atoms with Crippen molar-refractivity contribution >= 4 is 36.9 Å². The van der Waals surface area contributed by atoms with Crippen LogP contribution in [0.1, 0.15) is 11.7 Å². The highest BCUT2D eigenvalue weighted by Gasteiger charge is 2.43. The molecule has 12 heteroatoms. The number of sulfonamides is 2. The molecule has 1 fully saturated rings. The van der Waals surface area contributed by atoms with Gasteiger partial charge in [-0.2, -0.15) is 8.61 Å². The molecule has 0 spiro atoms. The number of nitrogens with zero attached hydrogens (tertiary/aromatic N) is 3. The highest BCUT2D eigenvalue weighted by Crippen LogP contribution is 2.28. The standard InChI is InChI=1S/C34H32N4O6S2/c39-33(27-10-5-2-6-11-27)23-36-34(40)32-24-37(45(41,42)29-15-13-26(14-16-29)25-8-3-1-4-9-25)20-21-38(32)46(43,44)30-17-18-31-28(22-30)12-7-19-35-31/h1-19,22,32-33,39H,20-21,23-24H2,(H,36,40). The van der Waals surface area contributed by atoms with E-state index in [9.17, 15) is 26.7 Å². The van der Waals surface area contributed by atoms with Crippen molar-refractivity contribution in [3.63, 3.8) is 0 Å². The Labute approximate surface area is 268 Å². The van der Waals surface area contributed by atoms with Crippen molar-refractivity contribution in [2.45, 2.75) is 21.9 Å². The van der Waals surface area contributed by atoms with Crippen molar-refractivity contribution < 1.29 is 26.7 Å². The van der Waals surface area contributed by atoms with Crippen LogP contribution in [-0.4, -0.2) is 73.7 Å². The van der Waals surface area contributed by atoms with E-state index in [0.717, 1.165) is 19.7 Å². The Hall–Kier alpha value is -4.46. The Morgan fingerprint density at radius 2 is 1.43 bits per heavy atom. The molecular weight excluding hydrogens is 625 g/mol. The molecule has 2 atom stereocenters. The highest BCUT2D eigenvalue weighted by atomic mass is 32.2. The first-order valence-corrected chi connectivity index (χ1v) is 17.6. The fourth-order valence-electron chi connectivity index (χ4n) is 5.52. The second-order valence-corrected chi connectivity index (χ2v) is 14.7. The summed E-state index contributed by atoms with van der Waals surface area (Å²) in [6.07, 6.45) is 0.560. The van der Waals surface area contributed by atoms with E-state index in [1.54, 1.807) is 66.9 Å². The van der Waals surface area contributed by atoms with Crippen LogP contribution in [0.25, 0.3) is 22.0 Å². The number of nitrogens with one attached hydrogen (secondary N) is 1. The zero-order chi connectivity index (χ0) is 32.3. The van der Waals surface area contributed by atoms with Crippen molar-refractivity contribution in [3.8, 4) is 11.1 Å². The first kappa shape index (κ1) is 31.5. The molecule has 0 saturated carbocycles. The quantitative estimate of drug-likeness (QED) is 0.246. The molecule has 2 heterocycles. The number of aromatic nitrogens is 1. The summed E-state index contributed by atoms with van der Waals surface area (Å²) in [5.41, 5.74) is 2.96. The summed E-state index contributed by atoms with van der Waals surface area (Å²) in [6.45, 7) is -1.02. The number of carbonyl (C=O) groups excluding carboxylic acids is 1. The number of pyridine rings is 1. The number of carbonyl (C=O) groups is 1. The minimum absolute atomic E-state index is 0.0316. The number of piperazine rings is 1. The number of hydrogen-bond donors (Lipinski definition) is 2. The lowest BCUT2D eigenvalue weighted by molar-refractivity contribution is -0.126. The number of fused-ring (bicyclic) bond motifs is 1. The average Bonchev–Trinajstić information content (AvgIpc) is 3.10. The molecule has 0 radical (unpaired) electrons. The van der Waals surface area contributed by atoms with E-state index in [4.69, 9.17) is 0 Å². The van der Waals surface area contributed by atoms with Crippen LogP contribution < -0.4 is 5.32 Å². The van der Waals surface area contributed by atoms with Crippen LogP contribution in [0.3, 0.4) is 0 Å². The molecule has 1 amide bonds. The monoisotopic (exact) mass is 656 g/mol. The molecule has 0 aliphatic carbocycles. The van der Waals surface area contributed by atoms with E-state index in [2.05, 4.69) is 10.3 Å². The van der Waals surface area contributed by atoms with Gasteiger partial charge < -0.3 is 10.4 Å². The third-order valence-corrected chi connectivity index (χ3v) is 11.8. The Balaban J connectivity index is 1.28. The molecule has 1 aliphatic rings. The van der Waals surface area contributed by atoms with Crippen LogP contribution in [-0.2, 0) is 24.8 Å². The Morgan fingerprint density at radius 3 is 2.15 bits per heavy atom. The van der Waals surface area contributed by atoms with Gasteiger partial charge in [0, 0.05) is 37.8 Å². The predicted octanol–water partition coefficient (Wildman–Crippen LogP) is 3.82. The first-order chi connectivity index (χ1) is 22.1. The van der Waals surface area contributed by atoms with E-state index in [1.807, 2.05) is 30.3 Å². The Bertz CT molecular complexity index is 2060. The third kappa shape index (κ3) is 6.43. The molecule has 1 aromatic heterocycles. The van der Waals surface area contributed by atoms with Crippen LogP contribution in [0.4, 0.5) is 0 Å². The summed E-state index contributed by atoms with van der Waals surface area (Å²) in [5.74, 6) is -0.722. The maximum absolute atomic E-state index is 14.0. The van der Waals surface area contributed by atoms with Crippen LogP contribution in [0.5, 0.6) is 0 Å². The smallest absolute Gasteiger partial charge is 0.243 e. The van der Waals surface area contributed by atoms with Gasteiger partial charge in [-0.1, -0.05) is 78.9 Å². The normalized spacial score (nSPS) is 17.0. The maximum atomic E-state index is 14.0. The van der Waals surface area contributed by atoms with Crippen LogP contribution in [0, 0.1) is 0 Å². The maximum Gasteiger partial charge on any atom is 0.243 e. The number of hydrogen-bond acceptors (Lipinski definition) is 7. The lowest BCUT2D eigenvalue weighted by atomic mass is 10.1. The first-order valence-electron chi connectivity index (χ1n) is 14.7. The summed E-state index contributed by atoms with van der Waals surface area (Å²) >= 11 is 0. The topological polar surface area (TPSA) is 137 Å². The van der Waals surface area contributed by atoms with E-state index in [0.29, 0.717) is 16.5 Å². The zero-order valence-electron chi connectivity index (χ0n) is 24.7. The lowest BCUT2D eigenvalue weighted by Crippen LogP contribution is -2.61. The van der Waals surface area contributed by atoms with Gasteiger partial charge in [0.05, 0.1) is 21.4 Å². The molecule has 5 aromatic rings. The second kappa shape index (κ2) is 13.1. The fourth-order valence-corrected chi connectivity index (χ4v) is 8.56. The SMILES string of the molecule is O=C(NCC(O)c1ccccc1)C1CN(S(=O)(=O)c2ccc(-c3ccccc3)cc2)CCN1S(=O)(=O)c1ccc2ncccc2c1. The van der Waals surface area contributed by atoms with Crippen LogP contribution in [0.2, 0.25) is 0 Å². The molecule has 6 rings (SSSR count). The summed E-state index contributed by atoms with van der Waals surface area (Å²) in [6, 6.07) is 31.3. The largest absolute Gasteiger partial charge is 0.387 e. The van der Waals surface area contributed by atoms with Gasteiger partial charge in [-0.05, 0) is 53.1 Å². The van der Waals surface area contributed by atoms with Crippen LogP contribution in [0.15, 0.2) is 131 Å². The summed E-state index contributed by atoms with van der Waals surface area (Å²) in [5, 5.41) is 13.9. The van der Waals surface area contributed by atoms with Gasteiger partial charge in [-0.15, -0.1) is 0 Å². The number of rotatable bonds is 9. The molecule has 10 nitrogen and oxygen atoms in total. The van der Waals surface area contributed by atoms with Crippen LogP contribution >= 0.6 is 0 Å². The highest BCUT2D eigenvalue weighted by molar-refractivity contribution is 7.89. The summed E-state index contributed by atoms with van der Waals surface area (Å²) in [7, 11) is -8.34. The second-order valence-electron chi connectivity index (χ2n) is 10.9. The van der Waals surface area contributed by atoms with Crippen molar-refractivity contribution in [1.29, 1.82) is 0 Å². The van der Waals surface area contributed by atoms with E-state index >= 15 is 0 Å². The molecule has 4 aromatic carbocycles. The number of aliphatic hydroxyl groups excluding tert-OH is 1. The third-order valence-electron chi connectivity index (χ3n) is 8.03. The number of aliphatic hydroxyl groups is 1. The van der Waals surface area contributed by atoms with Crippen molar-refractivity contribution in [2.24, 2.45) is 0 Å². The minimum atomic E-state index is -4.25. The number of benzene rings is 4. The molecule has 2 unspecified atom stereocenters. The van der Waals surface area contributed by atoms with E-state index < -0.39 is 44.6 Å². The molecule has 1 saturated heterocycles. The van der Waals surface area contributed by atoms with Gasteiger partial charge in [-0.3, -0.25) is 9.78 Å². The zero-order valence-corrected chi connectivity index (χ0v) is 26.3. The molecular formula is C34H32N4O6S2. The van der Waals surface area contributed by atoms with Crippen molar-refractivity contribution in [1.82, 2.24) is 18.9 Å². The molecule has 1 aliphatic heterocycles. The van der Waals surface area contributed by atoms with Gasteiger partial charge in [0.15, 0.2) is 0 Å². The lowest BCUT2D eigenvalue weighted by Gasteiger charge is -2.39. The predicted molar refractivity (Wildman–Crippen MR) is 174 cm³/mol. The van der Waals surface area contributed by atoms with Crippen molar-refractivity contribution in [2.75, 3.05) is 26.2 Å². The average molecular weight is 657 g/mol. The van der Waals surface area contributed by atoms with E-state index in [1.165, 1.54) is 24.3 Å².